The molecule has 2 spiro atoms. The number of carbonyl (C=O) groups excluding carboxylic acids is 5. The molecule has 1 amide bonds. The first-order chi connectivity index (χ1) is 44.0. The minimum atomic E-state index is -1.01. The Kier molecular flexibility index (Phi) is 18.2. The summed E-state index contributed by atoms with van der Waals surface area (Å²) >= 11 is 0. The number of likely N-dealkylation sites (tertiary alicyclic amines) is 1. The van der Waals surface area contributed by atoms with Gasteiger partial charge in [-0.15, -0.1) is 0 Å². The van der Waals surface area contributed by atoms with Gasteiger partial charge < -0.3 is 34.3 Å². The van der Waals surface area contributed by atoms with Crippen molar-refractivity contribution in [3.05, 3.63) is 168 Å². The Morgan fingerprint density at radius 1 is 0.582 bits per heavy atom. The van der Waals surface area contributed by atoms with Crippen molar-refractivity contribution >= 4 is 56.8 Å². The number of hydrogen-bond donors (Lipinski definition) is 2. The topological polar surface area (TPSA) is 288 Å². The first kappa shape index (κ1) is 62.0. The predicted octanol–water partition coefficient (Wildman–Crippen LogP) is 7.18. The van der Waals surface area contributed by atoms with Gasteiger partial charge in [0.1, 0.15) is 36.1 Å². The summed E-state index contributed by atoms with van der Waals surface area (Å²) < 4.78 is 26.1. The van der Waals surface area contributed by atoms with E-state index in [0.29, 0.717) is 104 Å². The summed E-state index contributed by atoms with van der Waals surface area (Å²) in [4.78, 5) is 104. The molecule has 2 aromatic carbocycles. The smallest absolute Gasteiger partial charge is 0.325 e. The molecule has 0 unspecified atom stereocenters. The van der Waals surface area contributed by atoms with Gasteiger partial charge in [-0.3, -0.25) is 48.1 Å². The summed E-state index contributed by atoms with van der Waals surface area (Å²) in [5.74, 6) is -0.120. The normalized spacial score (nSPS) is 22.9. The Bertz CT molecular complexity index is 4160. The number of hydrogen-bond acceptors (Lipinski definition) is 19. The summed E-state index contributed by atoms with van der Waals surface area (Å²) in [5, 5.41) is 22.4. The van der Waals surface area contributed by atoms with Crippen molar-refractivity contribution in [2.75, 3.05) is 39.6 Å². The van der Waals surface area contributed by atoms with Gasteiger partial charge >= 0.3 is 5.97 Å². The number of carboxylic acids is 1. The number of aromatic nitrogens is 10. The number of amides is 1. The summed E-state index contributed by atoms with van der Waals surface area (Å²) in [6.07, 6.45) is 22.0. The molecule has 4 aliphatic heterocycles. The van der Waals surface area contributed by atoms with Gasteiger partial charge in [0.15, 0.2) is 23.1 Å². The number of carbonyl (C=O) groups is 6. The van der Waals surface area contributed by atoms with Crippen LogP contribution >= 0.6 is 0 Å². The van der Waals surface area contributed by atoms with E-state index >= 15 is 0 Å². The summed E-state index contributed by atoms with van der Waals surface area (Å²) in [6, 6.07) is 18.4. The molecule has 2 saturated carbocycles. The third-order valence-electron chi connectivity index (χ3n) is 17.8. The SMILES string of the molecule is CC(=O)c1nn(CC(=O)N2[C@H]3C[C@@]4(COCC=CCOCc5cccnc5CC3=O)C[C@@H]24)c2ccc(-c3cnc(C)nc3)cc12.CC(=O)c1nn(CC(=O)O)c2ccc(-c3cnc(C)nc3)cc12.O=C1Cc2ncccc2COCC=CCOC[C@@]23C[C@@H]1N[C@@H]2C3. The van der Waals surface area contributed by atoms with Crippen LogP contribution in [-0.2, 0) is 77.3 Å². The number of benzene rings is 2. The van der Waals surface area contributed by atoms with Crippen molar-refractivity contribution in [2.45, 2.75) is 117 Å². The first-order valence-electron chi connectivity index (χ1n) is 30.5. The Hall–Kier alpha value is -9.26. The van der Waals surface area contributed by atoms with E-state index < -0.39 is 12.0 Å². The molecule has 4 fully saturated rings. The maximum Gasteiger partial charge on any atom is 0.325 e. The number of pyridine rings is 2. The molecule has 8 aromatic rings. The average molecular weight is 1230 g/mol. The van der Waals surface area contributed by atoms with Crippen LogP contribution in [0.4, 0.5) is 0 Å². The molecule has 14 rings (SSSR count). The van der Waals surface area contributed by atoms with E-state index in [-0.39, 0.29) is 82.9 Å². The molecule has 468 valence electrons. The number of piperidine rings is 2. The predicted molar refractivity (Wildman–Crippen MR) is 332 cm³/mol. The van der Waals surface area contributed by atoms with Crippen LogP contribution in [0.25, 0.3) is 44.1 Å². The quantitative estimate of drug-likeness (QED) is 0.112. The second kappa shape index (κ2) is 26.7. The molecule has 6 aliphatic rings. The Labute approximate surface area is 524 Å². The fourth-order valence-corrected chi connectivity index (χ4v) is 12.8. The lowest BCUT2D eigenvalue weighted by molar-refractivity contribution is -0.139. The first-order valence-corrected chi connectivity index (χ1v) is 30.5. The highest BCUT2D eigenvalue weighted by atomic mass is 16.5. The van der Waals surface area contributed by atoms with Crippen molar-refractivity contribution < 1.29 is 52.8 Å². The van der Waals surface area contributed by atoms with Crippen LogP contribution in [0.1, 0.15) is 94.7 Å². The summed E-state index contributed by atoms with van der Waals surface area (Å²) in [7, 11) is 0. The highest BCUT2D eigenvalue weighted by molar-refractivity contribution is 6.07. The van der Waals surface area contributed by atoms with E-state index in [4.69, 9.17) is 24.1 Å². The fraction of sp³-hybridized carbons (Fsp3) is 0.382. The number of Topliss-reactive ketones (excluding diaryl/α,β-unsaturated/α-hetero) is 4. The Morgan fingerprint density at radius 3 is 1.59 bits per heavy atom. The monoisotopic (exact) mass is 1230 g/mol. The van der Waals surface area contributed by atoms with Gasteiger partial charge in [0, 0.05) is 95.8 Å². The zero-order chi connectivity index (χ0) is 63.4. The van der Waals surface area contributed by atoms with Gasteiger partial charge in [0.2, 0.25) is 5.91 Å². The number of rotatable bonds is 8. The molecule has 6 aromatic heterocycles. The van der Waals surface area contributed by atoms with Crippen LogP contribution in [0.2, 0.25) is 0 Å². The summed E-state index contributed by atoms with van der Waals surface area (Å²) in [6.45, 7) is 10.2. The van der Waals surface area contributed by atoms with Gasteiger partial charge in [-0.2, -0.15) is 10.2 Å². The van der Waals surface area contributed by atoms with Gasteiger partial charge in [-0.1, -0.05) is 48.6 Å². The van der Waals surface area contributed by atoms with Crippen LogP contribution < -0.4 is 5.32 Å². The molecule has 2 saturated heterocycles. The van der Waals surface area contributed by atoms with Crippen LogP contribution in [-0.4, -0.2) is 158 Å². The zero-order valence-electron chi connectivity index (χ0n) is 51.1. The molecule has 23 heteroatoms. The second-order valence-corrected chi connectivity index (χ2v) is 24.2. The Balaban J connectivity index is 0.000000146. The number of fused-ring (bicyclic) bond motifs is 6. The molecular formula is C68H70N12O11. The van der Waals surface area contributed by atoms with Gasteiger partial charge in [0.25, 0.3) is 0 Å². The van der Waals surface area contributed by atoms with E-state index in [2.05, 4.69) is 45.4 Å². The summed E-state index contributed by atoms with van der Waals surface area (Å²) in [5.41, 5.74) is 8.42. The number of aliphatic carboxylic acids is 1. The number of nitrogens with zero attached hydrogens (tertiary/aromatic N) is 11. The molecule has 2 aliphatic carbocycles. The van der Waals surface area contributed by atoms with Gasteiger partial charge in [-0.25, -0.2) is 19.9 Å². The van der Waals surface area contributed by atoms with Crippen molar-refractivity contribution in [3.8, 4) is 22.3 Å². The fourth-order valence-electron chi connectivity index (χ4n) is 12.8. The minimum absolute atomic E-state index is 0.0532. The number of ether oxygens (including phenoxy) is 4. The molecule has 23 nitrogen and oxygen atoms in total. The van der Waals surface area contributed by atoms with E-state index in [1.54, 1.807) is 59.8 Å². The number of aryl methyl sites for hydroxylation is 2. The lowest BCUT2D eigenvalue weighted by atomic mass is 9.95. The largest absolute Gasteiger partial charge is 0.480 e. The number of carboxylic acid groups (broad SMARTS) is 1. The maximum absolute atomic E-state index is 14.1. The highest BCUT2D eigenvalue weighted by Gasteiger charge is 2.67. The molecule has 0 radical (unpaired) electrons. The third kappa shape index (κ3) is 13.8. The maximum atomic E-state index is 14.1. The van der Waals surface area contributed by atoms with Gasteiger partial charge in [-0.05, 0) is 98.2 Å². The zero-order valence-corrected chi connectivity index (χ0v) is 51.1. The lowest BCUT2D eigenvalue weighted by Crippen LogP contribution is -2.45. The van der Waals surface area contributed by atoms with Crippen molar-refractivity contribution in [1.82, 2.24) is 59.7 Å². The average Bonchev–Trinajstić information content (AvgIpc) is 1.55. The lowest BCUT2D eigenvalue weighted by Gasteiger charge is -2.27. The van der Waals surface area contributed by atoms with E-state index in [0.717, 1.165) is 64.9 Å². The number of ketones is 4. The molecular weight excluding hydrogens is 1160 g/mol. The van der Waals surface area contributed by atoms with Crippen molar-refractivity contribution in [1.29, 1.82) is 0 Å². The molecule has 10 heterocycles. The van der Waals surface area contributed by atoms with Crippen LogP contribution in [0, 0.1) is 24.7 Å². The van der Waals surface area contributed by atoms with E-state index in [1.807, 2.05) is 85.8 Å². The van der Waals surface area contributed by atoms with Crippen LogP contribution in [0.5, 0.6) is 0 Å². The minimum Gasteiger partial charge on any atom is -0.480 e. The van der Waals surface area contributed by atoms with Crippen LogP contribution in [0.15, 0.2) is 122 Å². The molecule has 2 N–H and O–H groups in total. The molecule has 6 atom stereocenters. The molecule has 4 bridgehead atoms. The standard InChI is InChI=1S/C34H34N6O5.C18H22N2O3.C16H14N4O3/c1-21(41)33-26-12-23(25-16-36-22(2)37-17-25)7-8-28(26)39(38-33)18-32(43)40-29-14-34(15-31(34)40)20-45-11-4-3-10-44-19-24-6-5-9-35-27(24)13-30(29)42;21-16-8-14-13(4-3-5-19-14)11-22-6-1-2-7-23-12-18-9-15(16)20-17(18)10-18;1-9(21)16-13-5-11(12-6-17-10(2)18-7-12)3-4-14(13)20(19-16)8-15(22)23/h3-9,12,16-17,29,31H,10-11,13-15,18-20H2,1-2H3;1-5,15,17,20H,6-12H2;3-7H,8H2,1-2H3,(H,22,23)/t29-,31+,34-;15-,17+,18-;/m00./s1. The third-order valence-corrected chi connectivity index (χ3v) is 17.8. The Morgan fingerprint density at radius 2 is 1.08 bits per heavy atom. The van der Waals surface area contributed by atoms with Crippen molar-refractivity contribution in [3.63, 3.8) is 0 Å². The van der Waals surface area contributed by atoms with Gasteiger partial charge in [0.05, 0.1) is 100 Å². The number of nitrogens with one attached hydrogen (secondary N) is 1. The van der Waals surface area contributed by atoms with E-state index in [1.165, 1.54) is 18.5 Å². The van der Waals surface area contributed by atoms with Crippen molar-refractivity contribution in [2.24, 2.45) is 10.8 Å². The highest BCUT2D eigenvalue weighted by Crippen LogP contribution is 2.60. The second-order valence-electron chi connectivity index (χ2n) is 24.2. The molecule has 91 heavy (non-hydrogen) atoms. The van der Waals surface area contributed by atoms with Crippen LogP contribution in [0.3, 0.4) is 0 Å². The van der Waals surface area contributed by atoms with E-state index in [9.17, 15) is 28.8 Å².